The van der Waals surface area contributed by atoms with Crippen LogP contribution in [0.1, 0.15) is 5.56 Å². The van der Waals surface area contributed by atoms with Gasteiger partial charge in [0.25, 0.3) is 0 Å². The van der Waals surface area contributed by atoms with Gasteiger partial charge in [-0.05, 0) is 35.7 Å². The van der Waals surface area contributed by atoms with Crippen LogP contribution in [0.4, 0.5) is 5.69 Å². The number of aromatic amines is 1. The van der Waals surface area contributed by atoms with E-state index in [1.165, 1.54) is 0 Å². The molecule has 0 spiro atoms. The molecule has 0 unspecified atom stereocenters. The van der Waals surface area contributed by atoms with Gasteiger partial charge in [0.2, 0.25) is 5.56 Å². The summed E-state index contributed by atoms with van der Waals surface area (Å²) in [7, 11) is 0. The van der Waals surface area contributed by atoms with E-state index in [1.807, 2.05) is 31.2 Å². The minimum Gasteiger partial charge on any atom is -0.398 e. The topological polar surface area (TPSA) is 58.9 Å². The van der Waals surface area contributed by atoms with Crippen molar-refractivity contribution >= 4 is 5.69 Å². The number of nitrogens with one attached hydrogen (secondary N) is 1. The van der Waals surface area contributed by atoms with Crippen LogP contribution in [0.25, 0.3) is 11.1 Å². The molecule has 3 nitrogen and oxygen atoms in total. The number of anilines is 1. The van der Waals surface area contributed by atoms with Crippen LogP contribution in [0.2, 0.25) is 0 Å². The van der Waals surface area contributed by atoms with Gasteiger partial charge in [0.05, 0.1) is 0 Å². The Balaban J connectivity index is 2.64. The standard InChI is InChI=1S/C12H12N2O/c1-8-10(3-2-4-11(8)13)9-5-6-14-12(15)7-9/h2-7H,13H2,1H3,(H,14,15). The van der Waals surface area contributed by atoms with E-state index in [-0.39, 0.29) is 5.56 Å². The molecule has 3 N–H and O–H groups in total. The minimum atomic E-state index is -0.102. The molecule has 3 heteroatoms. The van der Waals surface area contributed by atoms with Crippen molar-refractivity contribution in [3.05, 3.63) is 52.4 Å². The molecule has 0 aliphatic carbocycles. The lowest BCUT2D eigenvalue weighted by Gasteiger charge is -2.07. The van der Waals surface area contributed by atoms with Gasteiger partial charge in [0, 0.05) is 18.0 Å². The maximum absolute atomic E-state index is 11.2. The summed E-state index contributed by atoms with van der Waals surface area (Å²) >= 11 is 0. The van der Waals surface area contributed by atoms with Gasteiger partial charge in [-0.3, -0.25) is 4.79 Å². The molecular formula is C12H12N2O. The highest BCUT2D eigenvalue weighted by molar-refractivity contribution is 5.72. The van der Waals surface area contributed by atoms with Crippen LogP contribution in [-0.4, -0.2) is 4.98 Å². The van der Waals surface area contributed by atoms with Crippen LogP contribution in [0.15, 0.2) is 41.3 Å². The molecule has 0 bridgehead atoms. The molecule has 15 heavy (non-hydrogen) atoms. The number of H-pyrrole nitrogens is 1. The first-order chi connectivity index (χ1) is 7.18. The number of rotatable bonds is 1. The van der Waals surface area contributed by atoms with Crippen LogP contribution < -0.4 is 11.3 Å². The molecule has 1 heterocycles. The maximum atomic E-state index is 11.2. The van der Waals surface area contributed by atoms with Gasteiger partial charge in [0.1, 0.15) is 0 Å². The van der Waals surface area contributed by atoms with Crippen molar-refractivity contribution in [1.29, 1.82) is 0 Å². The van der Waals surface area contributed by atoms with E-state index >= 15 is 0 Å². The van der Waals surface area contributed by atoms with E-state index in [1.54, 1.807) is 12.3 Å². The fourth-order valence-electron chi connectivity index (χ4n) is 1.58. The summed E-state index contributed by atoms with van der Waals surface area (Å²) in [6, 6.07) is 9.14. The summed E-state index contributed by atoms with van der Waals surface area (Å²) in [6.07, 6.45) is 1.64. The second-order valence-electron chi connectivity index (χ2n) is 3.46. The zero-order valence-electron chi connectivity index (χ0n) is 8.45. The quantitative estimate of drug-likeness (QED) is 0.691. The van der Waals surface area contributed by atoms with Crippen molar-refractivity contribution in [2.45, 2.75) is 6.92 Å². The summed E-state index contributed by atoms with van der Waals surface area (Å²) in [5, 5.41) is 0. The van der Waals surface area contributed by atoms with Gasteiger partial charge in [-0.15, -0.1) is 0 Å². The van der Waals surface area contributed by atoms with Crippen LogP contribution in [0.5, 0.6) is 0 Å². The van der Waals surface area contributed by atoms with E-state index in [9.17, 15) is 4.79 Å². The smallest absolute Gasteiger partial charge is 0.248 e. The summed E-state index contributed by atoms with van der Waals surface area (Å²) in [5.41, 5.74) is 9.35. The molecular weight excluding hydrogens is 188 g/mol. The third kappa shape index (κ3) is 1.76. The SMILES string of the molecule is Cc1c(N)cccc1-c1cc[nH]c(=O)c1. The predicted octanol–water partition coefficient (Wildman–Crippen LogP) is 1.93. The van der Waals surface area contributed by atoms with Gasteiger partial charge in [-0.2, -0.15) is 0 Å². The number of pyridine rings is 1. The van der Waals surface area contributed by atoms with E-state index in [0.717, 1.165) is 22.4 Å². The van der Waals surface area contributed by atoms with Gasteiger partial charge in [0.15, 0.2) is 0 Å². The second-order valence-corrected chi connectivity index (χ2v) is 3.46. The third-order valence-electron chi connectivity index (χ3n) is 2.46. The normalized spacial score (nSPS) is 10.2. The summed E-state index contributed by atoms with van der Waals surface area (Å²) in [5.74, 6) is 0. The number of hydrogen-bond donors (Lipinski definition) is 2. The molecule has 2 aromatic rings. The molecule has 1 aromatic heterocycles. The first kappa shape index (κ1) is 9.52. The molecule has 76 valence electrons. The maximum Gasteiger partial charge on any atom is 0.248 e. The van der Waals surface area contributed by atoms with Crippen LogP contribution in [0.3, 0.4) is 0 Å². The Labute approximate surface area is 87.6 Å². The lowest BCUT2D eigenvalue weighted by molar-refractivity contribution is 1.24. The fraction of sp³-hybridized carbons (Fsp3) is 0.0833. The van der Waals surface area contributed by atoms with Crippen molar-refractivity contribution in [3.8, 4) is 11.1 Å². The number of nitrogen functional groups attached to an aromatic ring is 1. The molecule has 0 aliphatic heterocycles. The average molecular weight is 200 g/mol. The van der Waals surface area contributed by atoms with Crippen molar-refractivity contribution in [3.63, 3.8) is 0 Å². The molecule has 1 aromatic carbocycles. The lowest BCUT2D eigenvalue weighted by Crippen LogP contribution is -2.02. The third-order valence-corrected chi connectivity index (χ3v) is 2.46. The average Bonchev–Trinajstić information content (AvgIpc) is 2.22. The molecule has 0 aliphatic rings. The first-order valence-electron chi connectivity index (χ1n) is 4.72. The number of hydrogen-bond acceptors (Lipinski definition) is 2. The number of aromatic nitrogens is 1. The summed E-state index contributed by atoms with van der Waals surface area (Å²) < 4.78 is 0. The Morgan fingerprint density at radius 1 is 1.27 bits per heavy atom. The van der Waals surface area contributed by atoms with Crippen LogP contribution >= 0.6 is 0 Å². The Bertz CT molecular complexity index is 543. The first-order valence-corrected chi connectivity index (χ1v) is 4.72. The molecule has 0 radical (unpaired) electrons. The molecule has 2 rings (SSSR count). The highest BCUT2D eigenvalue weighted by Gasteiger charge is 2.03. The predicted molar refractivity (Wildman–Crippen MR) is 61.6 cm³/mol. The highest BCUT2D eigenvalue weighted by atomic mass is 16.1. The zero-order chi connectivity index (χ0) is 10.8. The van der Waals surface area contributed by atoms with E-state index < -0.39 is 0 Å². The summed E-state index contributed by atoms with van der Waals surface area (Å²) in [4.78, 5) is 13.8. The largest absolute Gasteiger partial charge is 0.398 e. The van der Waals surface area contributed by atoms with E-state index in [2.05, 4.69) is 4.98 Å². The number of nitrogens with two attached hydrogens (primary N) is 1. The van der Waals surface area contributed by atoms with Crippen LogP contribution in [0, 0.1) is 6.92 Å². The van der Waals surface area contributed by atoms with Crippen LogP contribution in [-0.2, 0) is 0 Å². The highest BCUT2D eigenvalue weighted by Crippen LogP contribution is 2.25. The van der Waals surface area contributed by atoms with Gasteiger partial charge >= 0.3 is 0 Å². The van der Waals surface area contributed by atoms with Crippen molar-refractivity contribution in [2.24, 2.45) is 0 Å². The lowest BCUT2D eigenvalue weighted by atomic mass is 10.0. The van der Waals surface area contributed by atoms with Crippen molar-refractivity contribution in [1.82, 2.24) is 4.98 Å². The monoisotopic (exact) mass is 200 g/mol. The van der Waals surface area contributed by atoms with Gasteiger partial charge in [-0.1, -0.05) is 12.1 Å². The zero-order valence-corrected chi connectivity index (χ0v) is 8.45. The molecule has 0 amide bonds. The van der Waals surface area contributed by atoms with E-state index in [4.69, 9.17) is 5.73 Å². The Kier molecular flexibility index (Phi) is 2.29. The second kappa shape index (κ2) is 3.61. The van der Waals surface area contributed by atoms with Gasteiger partial charge in [-0.25, -0.2) is 0 Å². The Morgan fingerprint density at radius 3 is 2.80 bits per heavy atom. The minimum absolute atomic E-state index is 0.102. The molecule has 0 atom stereocenters. The Morgan fingerprint density at radius 2 is 2.07 bits per heavy atom. The number of benzene rings is 1. The summed E-state index contributed by atoms with van der Waals surface area (Å²) in [6.45, 7) is 1.95. The van der Waals surface area contributed by atoms with Gasteiger partial charge < -0.3 is 10.7 Å². The molecule has 0 saturated carbocycles. The van der Waals surface area contributed by atoms with Crippen molar-refractivity contribution in [2.75, 3.05) is 5.73 Å². The molecule has 0 saturated heterocycles. The van der Waals surface area contributed by atoms with E-state index in [0.29, 0.717) is 0 Å². The fourth-order valence-corrected chi connectivity index (χ4v) is 1.58. The van der Waals surface area contributed by atoms with Crippen molar-refractivity contribution < 1.29 is 0 Å². The molecule has 0 fully saturated rings. The Hall–Kier alpha value is -2.03.